The SMILES string of the molecule is CCCCN(c1cc(S(=O)(=O)NC)ccc1N)C1CC1. The van der Waals surface area contributed by atoms with Crippen molar-refractivity contribution in [2.75, 3.05) is 24.2 Å². The average Bonchev–Trinajstić information content (AvgIpc) is 3.25. The summed E-state index contributed by atoms with van der Waals surface area (Å²) in [4.78, 5) is 2.53. The fourth-order valence-corrected chi connectivity index (χ4v) is 3.02. The first-order valence-electron chi connectivity index (χ1n) is 7.09. The highest BCUT2D eigenvalue weighted by atomic mass is 32.2. The van der Waals surface area contributed by atoms with E-state index >= 15 is 0 Å². The van der Waals surface area contributed by atoms with Gasteiger partial charge >= 0.3 is 0 Å². The number of nitrogen functional groups attached to an aromatic ring is 1. The first-order valence-corrected chi connectivity index (χ1v) is 8.57. The van der Waals surface area contributed by atoms with E-state index in [9.17, 15) is 8.42 Å². The summed E-state index contributed by atoms with van der Waals surface area (Å²) in [7, 11) is -2.01. The molecule has 0 aliphatic heterocycles. The average molecular weight is 297 g/mol. The molecule has 1 aliphatic rings. The van der Waals surface area contributed by atoms with Crippen LogP contribution in [0.15, 0.2) is 23.1 Å². The van der Waals surface area contributed by atoms with Crippen LogP contribution >= 0.6 is 0 Å². The van der Waals surface area contributed by atoms with Crippen molar-refractivity contribution in [2.45, 2.75) is 43.5 Å². The van der Waals surface area contributed by atoms with Crippen molar-refractivity contribution >= 4 is 21.4 Å². The second kappa shape index (κ2) is 6.01. The maximum atomic E-state index is 11.9. The van der Waals surface area contributed by atoms with Crippen molar-refractivity contribution in [1.82, 2.24) is 4.72 Å². The van der Waals surface area contributed by atoms with Crippen molar-refractivity contribution in [3.05, 3.63) is 18.2 Å². The van der Waals surface area contributed by atoms with Crippen LogP contribution in [-0.2, 0) is 10.0 Å². The van der Waals surface area contributed by atoms with Gasteiger partial charge in [-0.2, -0.15) is 0 Å². The smallest absolute Gasteiger partial charge is 0.240 e. The molecular weight excluding hydrogens is 274 g/mol. The molecule has 0 unspecified atom stereocenters. The number of unbranched alkanes of at least 4 members (excludes halogenated alkanes) is 1. The van der Waals surface area contributed by atoms with E-state index in [1.807, 2.05) is 0 Å². The van der Waals surface area contributed by atoms with E-state index in [1.165, 1.54) is 7.05 Å². The van der Waals surface area contributed by atoms with Crippen LogP contribution in [-0.4, -0.2) is 28.1 Å². The maximum Gasteiger partial charge on any atom is 0.240 e. The topological polar surface area (TPSA) is 75.4 Å². The van der Waals surface area contributed by atoms with E-state index in [0.29, 0.717) is 11.7 Å². The van der Waals surface area contributed by atoms with E-state index in [1.54, 1.807) is 18.2 Å². The van der Waals surface area contributed by atoms with Gasteiger partial charge in [0.2, 0.25) is 10.0 Å². The quantitative estimate of drug-likeness (QED) is 0.754. The van der Waals surface area contributed by atoms with Gasteiger partial charge in [0, 0.05) is 12.6 Å². The lowest BCUT2D eigenvalue weighted by Crippen LogP contribution is -2.28. The van der Waals surface area contributed by atoms with Crippen LogP contribution in [0.1, 0.15) is 32.6 Å². The van der Waals surface area contributed by atoms with E-state index in [4.69, 9.17) is 5.73 Å². The molecule has 0 aromatic heterocycles. The van der Waals surface area contributed by atoms with Gasteiger partial charge in [-0.05, 0) is 44.5 Å². The molecule has 2 rings (SSSR count). The molecule has 1 aliphatic carbocycles. The largest absolute Gasteiger partial charge is 0.397 e. The molecular formula is C14H23N3O2S. The summed E-state index contributed by atoms with van der Waals surface area (Å²) in [6.07, 6.45) is 4.51. The third-order valence-corrected chi connectivity index (χ3v) is 5.04. The molecule has 20 heavy (non-hydrogen) atoms. The number of anilines is 2. The molecule has 1 saturated carbocycles. The number of benzene rings is 1. The summed E-state index contributed by atoms with van der Waals surface area (Å²) >= 11 is 0. The zero-order valence-electron chi connectivity index (χ0n) is 12.1. The second-order valence-electron chi connectivity index (χ2n) is 5.21. The van der Waals surface area contributed by atoms with Gasteiger partial charge in [-0.25, -0.2) is 13.1 Å². The van der Waals surface area contributed by atoms with E-state index in [2.05, 4.69) is 16.5 Å². The highest BCUT2D eigenvalue weighted by Crippen LogP contribution is 2.36. The molecule has 0 amide bonds. The van der Waals surface area contributed by atoms with Crippen molar-refractivity contribution in [3.63, 3.8) is 0 Å². The number of hydrogen-bond acceptors (Lipinski definition) is 4. The molecule has 112 valence electrons. The number of sulfonamides is 1. The Morgan fingerprint density at radius 3 is 2.65 bits per heavy atom. The molecule has 1 aromatic carbocycles. The van der Waals surface area contributed by atoms with E-state index < -0.39 is 10.0 Å². The van der Waals surface area contributed by atoms with Crippen LogP contribution < -0.4 is 15.4 Å². The van der Waals surface area contributed by atoms with Crippen LogP contribution in [0.25, 0.3) is 0 Å². The van der Waals surface area contributed by atoms with Crippen molar-refractivity contribution < 1.29 is 8.42 Å². The standard InChI is InChI=1S/C14H23N3O2S/c1-3-4-9-17(11-5-6-11)14-10-12(7-8-13(14)15)20(18,19)16-2/h7-8,10-11,16H,3-6,9,15H2,1-2H3. The summed E-state index contributed by atoms with van der Waals surface area (Å²) in [5, 5.41) is 0. The molecule has 0 atom stereocenters. The van der Waals surface area contributed by atoms with Crippen LogP contribution in [0.4, 0.5) is 11.4 Å². The summed E-state index contributed by atoms with van der Waals surface area (Å²) < 4.78 is 26.2. The summed E-state index contributed by atoms with van der Waals surface area (Å²) in [5.41, 5.74) is 7.54. The Hall–Kier alpha value is -1.27. The van der Waals surface area contributed by atoms with Crippen molar-refractivity contribution in [1.29, 1.82) is 0 Å². The van der Waals surface area contributed by atoms with E-state index in [-0.39, 0.29) is 4.90 Å². The Kier molecular flexibility index (Phi) is 4.55. The highest BCUT2D eigenvalue weighted by molar-refractivity contribution is 7.89. The van der Waals surface area contributed by atoms with E-state index in [0.717, 1.165) is 37.9 Å². The third kappa shape index (κ3) is 3.24. The Morgan fingerprint density at radius 2 is 2.10 bits per heavy atom. The lowest BCUT2D eigenvalue weighted by Gasteiger charge is -2.26. The summed E-state index contributed by atoms with van der Waals surface area (Å²) in [5.74, 6) is 0. The van der Waals surface area contributed by atoms with Crippen molar-refractivity contribution in [2.24, 2.45) is 0 Å². The number of nitrogens with two attached hydrogens (primary N) is 1. The summed E-state index contributed by atoms with van der Waals surface area (Å²) in [6, 6.07) is 5.43. The summed E-state index contributed by atoms with van der Waals surface area (Å²) in [6.45, 7) is 3.07. The molecule has 0 saturated heterocycles. The van der Waals surface area contributed by atoms with Gasteiger partial charge in [-0.15, -0.1) is 0 Å². The van der Waals surface area contributed by atoms with Crippen LogP contribution in [0.5, 0.6) is 0 Å². The molecule has 0 spiro atoms. The second-order valence-corrected chi connectivity index (χ2v) is 7.09. The predicted octanol–water partition coefficient (Wildman–Crippen LogP) is 1.95. The number of nitrogens with zero attached hydrogens (tertiary/aromatic N) is 1. The molecule has 5 nitrogen and oxygen atoms in total. The minimum Gasteiger partial charge on any atom is -0.397 e. The van der Waals surface area contributed by atoms with Gasteiger partial charge in [0.05, 0.1) is 16.3 Å². The molecule has 0 bridgehead atoms. The highest BCUT2D eigenvalue weighted by Gasteiger charge is 2.30. The lowest BCUT2D eigenvalue weighted by atomic mass is 10.2. The van der Waals surface area contributed by atoms with Gasteiger partial charge in [-0.1, -0.05) is 13.3 Å². The normalized spacial score (nSPS) is 15.3. The third-order valence-electron chi connectivity index (χ3n) is 3.63. The zero-order valence-corrected chi connectivity index (χ0v) is 12.9. The van der Waals surface area contributed by atoms with Crippen LogP contribution in [0, 0.1) is 0 Å². The Bertz CT molecular complexity index is 568. The van der Waals surface area contributed by atoms with Gasteiger partial charge in [-0.3, -0.25) is 0 Å². The number of hydrogen-bond donors (Lipinski definition) is 2. The number of nitrogens with one attached hydrogen (secondary N) is 1. The molecule has 0 heterocycles. The van der Waals surface area contributed by atoms with Gasteiger partial charge in [0.1, 0.15) is 0 Å². The predicted molar refractivity (Wildman–Crippen MR) is 82.4 cm³/mol. The van der Waals surface area contributed by atoms with Crippen molar-refractivity contribution in [3.8, 4) is 0 Å². The molecule has 1 fully saturated rings. The van der Waals surface area contributed by atoms with Crippen LogP contribution in [0.2, 0.25) is 0 Å². The zero-order chi connectivity index (χ0) is 14.8. The Balaban J connectivity index is 2.35. The van der Waals surface area contributed by atoms with Gasteiger partial charge < -0.3 is 10.6 Å². The fourth-order valence-electron chi connectivity index (χ4n) is 2.27. The van der Waals surface area contributed by atoms with Gasteiger partial charge in [0.15, 0.2) is 0 Å². The number of rotatable bonds is 7. The minimum atomic E-state index is -3.43. The minimum absolute atomic E-state index is 0.270. The molecule has 1 aromatic rings. The first kappa shape index (κ1) is 15.1. The molecule has 0 radical (unpaired) electrons. The molecule has 3 N–H and O–H groups in total. The first-order chi connectivity index (χ1) is 9.49. The maximum absolute atomic E-state index is 11.9. The lowest BCUT2D eigenvalue weighted by molar-refractivity contribution is 0.588. The molecule has 6 heteroatoms. The monoisotopic (exact) mass is 297 g/mol. The van der Waals surface area contributed by atoms with Crippen LogP contribution in [0.3, 0.4) is 0 Å². The Morgan fingerprint density at radius 1 is 1.40 bits per heavy atom. The Labute approximate surface area is 121 Å². The van der Waals surface area contributed by atoms with Gasteiger partial charge in [0.25, 0.3) is 0 Å². The fraction of sp³-hybridized carbons (Fsp3) is 0.571.